The average molecular weight is 731 g/mol. The average Bonchev–Trinajstić information content (AvgIpc) is 3.16. The SMILES string of the molecule is CO[C@@H]1[C@@H](OC(=O)Nc2ccccc2)[C@@H](O)[C@H](Oc2ccc3c(O)c(NC(=O)c4cccc(-c5ccc6ccccc6c5)c4)c(=O)oc3c2C)OC1(C)C. The van der Waals surface area contributed by atoms with Crippen LogP contribution in [0.3, 0.4) is 0 Å². The van der Waals surface area contributed by atoms with E-state index < -0.39 is 59.3 Å². The summed E-state index contributed by atoms with van der Waals surface area (Å²) in [6, 6.07) is 32.5. The molecule has 0 spiro atoms. The first-order valence-corrected chi connectivity index (χ1v) is 17.2. The fourth-order valence-corrected chi connectivity index (χ4v) is 6.73. The second-order valence-corrected chi connectivity index (χ2v) is 13.5. The van der Waals surface area contributed by atoms with Crippen molar-refractivity contribution in [3.05, 3.63) is 131 Å². The fourth-order valence-electron chi connectivity index (χ4n) is 6.73. The highest BCUT2D eigenvalue weighted by molar-refractivity contribution is 6.07. The number of fused-ring (bicyclic) bond motifs is 2. The van der Waals surface area contributed by atoms with Crippen molar-refractivity contribution in [2.75, 3.05) is 17.7 Å². The highest BCUT2D eigenvalue weighted by atomic mass is 16.7. The molecule has 5 aromatic carbocycles. The molecule has 12 heteroatoms. The van der Waals surface area contributed by atoms with Crippen LogP contribution in [-0.2, 0) is 14.2 Å². The number of ether oxygens (including phenoxy) is 4. The van der Waals surface area contributed by atoms with Crippen molar-refractivity contribution in [1.29, 1.82) is 0 Å². The maximum absolute atomic E-state index is 13.4. The lowest BCUT2D eigenvalue weighted by Gasteiger charge is -2.47. The molecule has 2 heterocycles. The summed E-state index contributed by atoms with van der Waals surface area (Å²) in [6.07, 6.45) is -5.78. The monoisotopic (exact) mass is 730 g/mol. The number of rotatable bonds is 8. The first kappa shape index (κ1) is 36.2. The zero-order chi connectivity index (χ0) is 38.1. The van der Waals surface area contributed by atoms with Crippen molar-refractivity contribution in [2.45, 2.75) is 51.0 Å². The minimum absolute atomic E-state index is 0.0133. The lowest BCUT2D eigenvalue weighted by Crippen LogP contribution is -2.65. The molecule has 0 saturated carbocycles. The molecule has 276 valence electrons. The van der Waals surface area contributed by atoms with E-state index in [9.17, 15) is 24.6 Å². The molecule has 7 rings (SSSR count). The van der Waals surface area contributed by atoms with Gasteiger partial charge in [0.2, 0.25) is 6.29 Å². The number of amides is 2. The van der Waals surface area contributed by atoms with Gasteiger partial charge in [0.15, 0.2) is 23.6 Å². The highest BCUT2D eigenvalue weighted by Crippen LogP contribution is 2.39. The number of carbonyl (C=O) groups is 2. The van der Waals surface area contributed by atoms with Gasteiger partial charge in [-0.3, -0.25) is 10.1 Å². The number of aliphatic hydroxyl groups excluding tert-OH is 1. The molecule has 2 amide bonds. The van der Waals surface area contributed by atoms with E-state index >= 15 is 0 Å². The smallest absolute Gasteiger partial charge is 0.412 e. The minimum Gasteiger partial charge on any atom is -0.505 e. The number of carbonyl (C=O) groups excluding carboxylic acids is 2. The third-order valence-corrected chi connectivity index (χ3v) is 9.47. The predicted molar refractivity (Wildman–Crippen MR) is 203 cm³/mol. The lowest BCUT2D eigenvalue weighted by atomic mass is 9.89. The maximum atomic E-state index is 13.4. The van der Waals surface area contributed by atoms with Gasteiger partial charge >= 0.3 is 11.7 Å². The Labute approximate surface area is 309 Å². The van der Waals surface area contributed by atoms with Crippen molar-refractivity contribution >= 4 is 45.1 Å². The van der Waals surface area contributed by atoms with E-state index in [1.54, 1.807) is 69.3 Å². The van der Waals surface area contributed by atoms with E-state index in [0.29, 0.717) is 11.3 Å². The first-order chi connectivity index (χ1) is 25.9. The Kier molecular flexibility index (Phi) is 9.82. The van der Waals surface area contributed by atoms with Crippen molar-refractivity contribution < 1.29 is 43.2 Å². The number of para-hydroxylation sites is 1. The molecule has 1 saturated heterocycles. The van der Waals surface area contributed by atoms with Crippen molar-refractivity contribution in [2.24, 2.45) is 0 Å². The van der Waals surface area contributed by atoms with Crippen LogP contribution in [0, 0.1) is 6.92 Å². The summed E-state index contributed by atoms with van der Waals surface area (Å²) in [7, 11) is 1.41. The molecular weight excluding hydrogens is 692 g/mol. The number of nitrogens with one attached hydrogen (secondary N) is 2. The molecule has 1 aliphatic rings. The number of hydrogen-bond donors (Lipinski definition) is 4. The van der Waals surface area contributed by atoms with Gasteiger partial charge in [0.05, 0.1) is 11.0 Å². The standard InChI is InChI=1S/C42H38N2O10/c1-23-31(51-40-34(46)36(37(50-4)42(2,3)54-40)53-41(49)43-29-15-6-5-7-16-29)20-19-30-33(45)32(39(48)52-35(23)30)44-38(47)28-14-10-13-26(22-28)27-18-17-24-11-8-9-12-25(24)21-27/h5-22,34,36-37,40,45-46H,1-4H3,(H,43,49)(H,44,47)/t34-,36+,37-,40-/m1/s1. The Morgan fingerprint density at radius 1 is 0.833 bits per heavy atom. The van der Waals surface area contributed by atoms with Gasteiger partial charge in [-0.25, -0.2) is 9.59 Å². The van der Waals surface area contributed by atoms with E-state index in [4.69, 9.17) is 23.4 Å². The highest BCUT2D eigenvalue weighted by Gasteiger charge is 2.53. The molecule has 1 fully saturated rings. The van der Waals surface area contributed by atoms with Crippen molar-refractivity contribution in [3.63, 3.8) is 0 Å². The maximum Gasteiger partial charge on any atom is 0.412 e. The van der Waals surface area contributed by atoms with Crippen LogP contribution in [0.4, 0.5) is 16.2 Å². The quantitative estimate of drug-likeness (QED) is 0.116. The zero-order valence-corrected chi connectivity index (χ0v) is 29.9. The second kappa shape index (κ2) is 14.7. The van der Waals surface area contributed by atoms with Crippen molar-refractivity contribution in [1.82, 2.24) is 0 Å². The molecule has 1 aromatic heterocycles. The molecule has 0 unspecified atom stereocenters. The number of benzene rings is 5. The van der Waals surface area contributed by atoms with Crippen LogP contribution >= 0.6 is 0 Å². The van der Waals surface area contributed by atoms with E-state index in [0.717, 1.165) is 21.9 Å². The van der Waals surface area contributed by atoms with Crippen LogP contribution in [0.2, 0.25) is 0 Å². The summed E-state index contributed by atoms with van der Waals surface area (Å²) in [4.78, 5) is 39.5. The third kappa shape index (κ3) is 7.09. The summed E-state index contributed by atoms with van der Waals surface area (Å²) >= 11 is 0. The van der Waals surface area contributed by atoms with Crippen LogP contribution in [0.1, 0.15) is 29.8 Å². The van der Waals surface area contributed by atoms with Crippen LogP contribution in [0.25, 0.3) is 32.9 Å². The Balaban J connectivity index is 1.11. The molecule has 0 bridgehead atoms. The predicted octanol–water partition coefficient (Wildman–Crippen LogP) is 7.39. The Hall–Kier alpha value is -6.21. The molecule has 4 atom stereocenters. The topological polar surface area (TPSA) is 166 Å². The number of aromatic hydroxyl groups is 1. The first-order valence-electron chi connectivity index (χ1n) is 17.2. The molecule has 0 aliphatic carbocycles. The lowest BCUT2D eigenvalue weighted by molar-refractivity contribution is -0.304. The van der Waals surface area contributed by atoms with Gasteiger partial charge in [-0.2, -0.15) is 0 Å². The van der Waals surface area contributed by atoms with E-state index in [-0.39, 0.29) is 22.3 Å². The molecule has 0 radical (unpaired) electrons. The van der Waals surface area contributed by atoms with Crippen LogP contribution in [0.5, 0.6) is 11.5 Å². The molecule has 12 nitrogen and oxygen atoms in total. The Morgan fingerprint density at radius 3 is 2.31 bits per heavy atom. The van der Waals surface area contributed by atoms with E-state index in [1.807, 2.05) is 48.5 Å². The number of aryl methyl sites for hydroxylation is 1. The number of aliphatic hydroxyl groups is 1. The zero-order valence-electron chi connectivity index (χ0n) is 29.9. The fraction of sp³-hybridized carbons (Fsp3) is 0.214. The summed E-state index contributed by atoms with van der Waals surface area (Å²) in [6.45, 7) is 5.00. The summed E-state index contributed by atoms with van der Waals surface area (Å²) in [5.74, 6) is -0.965. The van der Waals surface area contributed by atoms with Crippen molar-refractivity contribution in [3.8, 4) is 22.6 Å². The van der Waals surface area contributed by atoms with Gasteiger partial charge in [-0.1, -0.05) is 66.7 Å². The van der Waals surface area contributed by atoms with E-state index in [2.05, 4.69) is 10.6 Å². The number of hydrogen-bond acceptors (Lipinski definition) is 10. The van der Waals surface area contributed by atoms with E-state index in [1.165, 1.54) is 19.2 Å². The summed E-state index contributed by atoms with van der Waals surface area (Å²) in [5.41, 5.74) is 0.234. The largest absolute Gasteiger partial charge is 0.505 e. The van der Waals surface area contributed by atoms with Crippen LogP contribution in [-0.4, -0.2) is 59.5 Å². The Bertz CT molecular complexity index is 2430. The second-order valence-electron chi connectivity index (χ2n) is 13.5. The number of methoxy groups -OCH3 is 1. The van der Waals surface area contributed by atoms with Crippen LogP contribution < -0.4 is 21.0 Å². The Morgan fingerprint density at radius 2 is 1.56 bits per heavy atom. The number of anilines is 2. The molecule has 4 N–H and O–H groups in total. The minimum atomic E-state index is -1.52. The van der Waals surface area contributed by atoms with Gasteiger partial charge in [0, 0.05) is 23.9 Å². The third-order valence-electron chi connectivity index (χ3n) is 9.47. The summed E-state index contributed by atoms with van der Waals surface area (Å²) < 4.78 is 29.1. The van der Waals surface area contributed by atoms with Gasteiger partial charge in [-0.05, 0) is 85.1 Å². The van der Waals surface area contributed by atoms with Gasteiger partial charge < -0.3 is 38.9 Å². The van der Waals surface area contributed by atoms with Gasteiger partial charge in [0.1, 0.15) is 17.4 Å². The van der Waals surface area contributed by atoms with Crippen LogP contribution in [0.15, 0.2) is 118 Å². The summed E-state index contributed by atoms with van der Waals surface area (Å²) in [5, 5.41) is 30.0. The molecule has 6 aromatic rings. The molecular formula is C42H38N2O10. The normalized spacial score (nSPS) is 19.3. The van der Waals surface area contributed by atoms with Gasteiger partial charge in [-0.15, -0.1) is 0 Å². The molecule has 1 aliphatic heterocycles. The molecule has 54 heavy (non-hydrogen) atoms. The van der Waals surface area contributed by atoms with Gasteiger partial charge in [0.25, 0.3) is 5.91 Å².